The molecule has 0 spiro atoms. The Kier molecular flexibility index (Phi) is 5.20. The molecule has 5 nitrogen and oxygen atoms in total. The molecular formula is C11H13IN2O3. The molecule has 3 N–H and O–H groups in total. The average molecular weight is 348 g/mol. The lowest BCUT2D eigenvalue weighted by molar-refractivity contribution is -0.139. The van der Waals surface area contributed by atoms with Crippen molar-refractivity contribution in [2.45, 2.75) is 19.4 Å². The predicted molar refractivity (Wildman–Crippen MR) is 73.0 cm³/mol. The second kappa shape index (κ2) is 6.43. The smallest absolute Gasteiger partial charge is 0.326 e. The van der Waals surface area contributed by atoms with Crippen molar-refractivity contribution in [1.82, 2.24) is 5.32 Å². The number of hydrogen-bond donors (Lipinski definition) is 3. The summed E-state index contributed by atoms with van der Waals surface area (Å²) in [6, 6.07) is 5.83. The normalized spacial score (nSPS) is 11.6. The predicted octanol–water partition coefficient (Wildman–Crippen LogP) is 2.28. The molecule has 0 saturated heterocycles. The Bertz CT molecular complexity index is 406. The number of carboxylic acid groups (broad SMARTS) is 1. The molecule has 0 aliphatic rings. The summed E-state index contributed by atoms with van der Waals surface area (Å²) in [4.78, 5) is 22.2. The number of urea groups is 1. The van der Waals surface area contributed by atoms with Crippen LogP contribution in [0.2, 0.25) is 0 Å². The number of aliphatic carboxylic acids is 1. The fourth-order valence-electron chi connectivity index (χ4n) is 1.20. The number of carbonyl (C=O) groups excluding carboxylic acids is 1. The average Bonchev–Trinajstić information content (AvgIpc) is 2.28. The van der Waals surface area contributed by atoms with Gasteiger partial charge in [-0.05, 0) is 53.3 Å². The van der Waals surface area contributed by atoms with Gasteiger partial charge in [-0.2, -0.15) is 0 Å². The largest absolute Gasteiger partial charge is 0.480 e. The number of benzene rings is 1. The Hall–Kier alpha value is -1.31. The molecule has 0 bridgehead atoms. The van der Waals surface area contributed by atoms with Crippen LogP contribution in [0.15, 0.2) is 24.3 Å². The topological polar surface area (TPSA) is 78.4 Å². The molecule has 92 valence electrons. The Balaban J connectivity index is 2.54. The molecule has 1 atom stereocenters. The molecule has 0 unspecified atom stereocenters. The van der Waals surface area contributed by atoms with E-state index in [-0.39, 0.29) is 0 Å². The maximum atomic E-state index is 11.5. The van der Waals surface area contributed by atoms with Crippen LogP contribution in [0.3, 0.4) is 0 Å². The summed E-state index contributed by atoms with van der Waals surface area (Å²) in [5.74, 6) is -1.04. The van der Waals surface area contributed by atoms with Gasteiger partial charge in [-0.3, -0.25) is 0 Å². The molecular weight excluding hydrogens is 335 g/mol. The van der Waals surface area contributed by atoms with E-state index in [1.807, 2.05) is 12.1 Å². The van der Waals surface area contributed by atoms with Crippen molar-refractivity contribution in [3.63, 3.8) is 0 Å². The van der Waals surface area contributed by atoms with Gasteiger partial charge >= 0.3 is 12.0 Å². The molecule has 0 heterocycles. The van der Waals surface area contributed by atoms with E-state index < -0.39 is 18.0 Å². The minimum Gasteiger partial charge on any atom is -0.480 e. The fraction of sp³-hybridized carbons (Fsp3) is 0.273. The maximum absolute atomic E-state index is 11.5. The second-order valence-corrected chi connectivity index (χ2v) is 4.65. The third-order valence-electron chi connectivity index (χ3n) is 2.11. The van der Waals surface area contributed by atoms with Crippen LogP contribution in [0.1, 0.15) is 13.3 Å². The Morgan fingerprint density at radius 1 is 1.35 bits per heavy atom. The van der Waals surface area contributed by atoms with Crippen LogP contribution in [-0.4, -0.2) is 23.1 Å². The zero-order valence-corrected chi connectivity index (χ0v) is 11.4. The Morgan fingerprint density at radius 2 is 1.94 bits per heavy atom. The van der Waals surface area contributed by atoms with E-state index in [1.165, 1.54) is 0 Å². The van der Waals surface area contributed by atoms with Crippen LogP contribution in [-0.2, 0) is 4.79 Å². The van der Waals surface area contributed by atoms with Crippen molar-refractivity contribution in [3.8, 4) is 0 Å². The molecule has 1 aromatic rings. The van der Waals surface area contributed by atoms with Gasteiger partial charge in [0.05, 0.1) is 0 Å². The molecule has 0 radical (unpaired) electrons. The van der Waals surface area contributed by atoms with Crippen molar-refractivity contribution in [3.05, 3.63) is 27.8 Å². The number of anilines is 1. The summed E-state index contributed by atoms with van der Waals surface area (Å²) < 4.78 is 1.06. The van der Waals surface area contributed by atoms with Crippen LogP contribution in [0.4, 0.5) is 10.5 Å². The van der Waals surface area contributed by atoms with Gasteiger partial charge in [-0.25, -0.2) is 9.59 Å². The van der Waals surface area contributed by atoms with Crippen LogP contribution < -0.4 is 10.6 Å². The van der Waals surface area contributed by atoms with E-state index in [4.69, 9.17) is 5.11 Å². The van der Waals surface area contributed by atoms with Crippen LogP contribution in [0.5, 0.6) is 0 Å². The van der Waals surface area contributed by atoms with Gasteiger partial charge in [-0.1, -0.05) is 6.92 Å². The fourth-order valence-corrected chi connectivity index (χ4v) is 1.56. The quantitative estimate of drug-likeness (QED) is 0.731. The highest BCUT2D eigenvalue weighted by Crippen LogP contribution is 2.10. The van der Waals surface area contributed by atoms with Crippen molar-refractivity contribution >= 4 is 40.3 Å². The van der Waals surface area contributed by atoms with Gasteiger partial charge < -0.3 is 15.7 Å². The highest BCUT2D eigenvalue weighted by atomic mass is 127. The Morgan fingerprint density at radius 3 is 2.41 bits per heavy atom. The van der Waals surface area contributed by atoms with Gasteiger partial charge in [0.1, 0.15) is 6.04 Å². The third kappa shape index (κ3) is 4.59. The lowest BCUT2D eigenvalue weighted by atomic mass is 10.2. The second-order valence-electron chi connectivity index (χ2n) is 3.40. The van der Waals surface area contributed by atoms with Gasteiger partial charge in [0.15, 0.2) is 0 Å². The molecule has 0 fully saturated rings. The minimum atomic E-state index is -1.04. The first-order valence-electron chi connectivity index (χ1n) is 5.08. The summed E-state index contributed by atoms with van der Waals surface area (Å²) in [5.41, 5.74) is 0.628. The molecule has 6 heteroatoms. The van der Waals surface area contributed by atoms with E-state index in [9.17, 15) is 9.59 Å². The molecule has 1 rings (SSSR count). The van der Waals surface area contributed by atoms with E-state index in [0.717, 1.165) is 3.57 Å². The first-order chi connectivity index (χ1) is 8.02. The first kappa shape index (κ1) is 13.8. The standard InChI is InChI=1S/C11H13IN2O3/c1-2-9(10(15)16)14-11(17)13-8-5-3-7(12)4-6-8/h3-6,9H,2H2,1H3,(H,15,16)(H2,13,14,17)/t9-/m0/s1. The zero-order valence-electron chi connectivity index (χ0n) is 9.24. The summed E-state index contributed by atoms with van der Waals surface area (Å²) in [5, 5.41) is 13.7. The monoisotopic (exact) mass is 348 g/mol. The van der Waals surface area contributed by atoms with Crippen molar-refractivity contribution < 1.29 is 14.7 Å². The van der Waals surface area contributed by atoms with E-state index in [2.05, 4.69) is 33.2 Å². The summed E-state index contributed by atoms with van der Waals surface area (Å²) >= 11 is 2.16. The van der Waals surface area contributed by atoms with Crippen LogP contribution in [0, 0.1) is 3.57 Å². The van der Waals surface area contributed by atoms with Gasteiger partial charge in [0.25, 0.3) is 0 Å². The molecule has 0 aliphatic heterocycles. The van der Waals surface area contributed by atoms with Crippen LogP contribution >= 0.6 is 22.6 Å². The minimum absolute atomic E-state index is 0.343. The highest BCUT2D eigenvalue weighted by molar-refractivity contribution is 14.1. The number of rotatable bonds is 4. The maximum Gasteiger partial charge on any atom is 0.326 e. The van der Waals surface area contributed by atoms with Crippen LogP contribution in [0.25, 0.3) is 0 Å². The summed E-state index contributed by atoms with van der Waals surface area (Å²) in [7, 11) is 0. The summed E-state index contributed by atoms with van der Waals surface area (Å²) in [6.45, 7) is 1.70. The van der Waals surface area contributed by atoms with Crippen molar-refractivity contribution in [2.24, 2.45) is 0 Å². The molecule has 1 aromatic carbocycles. The molecule has 0 aliphatic carbocycles. The van der Waals surface area contributed by atoms with E-state index in [0.29, 0.717) is 12.1 Å². The number of halogens is 1. The van der Waals surface area contributed by atoms with Gasteiger partial charge in [-0.15, -0.1) is 0 Å². The van der Waals surface area contributed by atoms with E-state index in [1.54, 1.807) is 19.1 Å². The third-order valence-corrected chi connectivity index (χ3v) is 2.83. The number of carboxylic acids is 1. The molecule has 0 saturated carbocycles. The number of nitrogens with one attached hydrogen (secondary N) is 2. The first-order valence-corrected chi connectivity index (χ1v) is 6.16. The Labute approximate surface area is 113 Å². The SMILES string of the molecule is CC[C@H](NC(=O)Nc1ccc(I)cc1)C(=O)O. The lowest BCUT2D eigenvalue weighted by Gasteiger charge is -2.13. The molecule has 17 heavy (non-hydrogen) atoms. The van der Waals surface area contributed by atoms with Gasteiger partial charge in [0, 0.05) is 9.26 Å². The number of amides is 2. The molecule has 2 amide bonds. The highest BCUT2D eigenvalue weighted by Gasteiger charge is 2.17. The van der Waals surface area contributed by atoms with Crippen molar-refractivity contribution in [1.29, 1.82) is 0 Å². The lowest BCUT2D eigenvalue weighted by Crippen LogP contribution is -2.42. The summed E-state index contributed by atoms with van der Waals surface area (Å²) in [6.07, 6.45) is 0.343. The zero-order chi connectivity index (χ0) is 12.8. The van der Waals surface area contributed by atoms with Gasteiger partial charge in [0.2, 0.25) is 0 Å². The number of carbonyl (C=O) groups is 2. The van der Waals surface area contributed by atoms with Crippen molar-refractivity contribution in [2.75, 3.05) is 5.32 Å². The van der Waals surface area contributed by atoms with E-state index >= 15 is 0 Å². The number of hydrogen-bond acceptors (Lipinski definition) is 2. The molecule has 0 aromatic heterocycles.